The highest BCUT2D eigenvalue weighted by Gasteiger charge is 2.17. The third-order valence-electron chi connectivity index (χ3n) is 3.80. The standard InChI is InChI=1S/C17H22N2O/c1-11(2)15-8-6-14(7-9-15)10-16(20)17-12(3)18-19(5)13(17)4/h6-9,11H,10H2,1-5H3. The van der Waals surface area contributed by atoms with Crippen LogP contribution in [0, 0.1) is 13.8 Å². The number of hydrogen-bond acceptors (Lipinski definition) is 2. The van der Waals surface area contributed by atoms with Gasteiger partial charge in [0.1, 0.15) is 0 Å². The summed E-state index contributed by atoms with van der Waals surface area (Å²) in [4.78, 5) is 12.4. The van der Waals surface area contributed by atoms with Gasteiger partial charge in [-0.1, -0.05) is 38.1 Å². The average molecular weight is 270 g/mol. The smallest absolute Gasteiger partial charge is 0.170 e. The van der Waals surface area contributed by atoms with Crippen molar-refractivity contribution in [1.82, 2.24) is 9.78 Å². The van der Waals surface area contributed by atoms with Gasteiger partial charge in [0.05, 0.1) is 11.3 Å². The van der Waals surface area contributed by atoms with Crippen molar-refractivity contribution >= 4 is 5.78 Å². The first-order valence-electron chi connectivity index (χ1n) is 7.02. The molecule has 0 aliphatic rings. The summed E-state index contributed by atoms with van der Waals surface area (Å²) in [7, 11) is 1.87. The van der Waals surface area contributed by atoms with Gasteiger partial charge in [-0.3, -0.25) is 9.48 Å². The lowest BCUT2D eigenvalue weighted by atomic mass is 9.98. The van der Waals surface area contributed by atoms with Crippen LogP contribution in [-0.4, -0.2) is 15.6 Å². The van der Waals surface area contributed by atoms with E-state index >= 15 is 0 Å². The van der Waals surface area contributed by atoms with Crippen LogP contribution in [0.1, 0.15) is 52.6 Å². The molecule has 0 radical (unpaired) electrons. The summed E-state index contributed by atoms with van der Waals surface area (Å²) in [6.07, 6.45) is 0.436. The largest absolute Gasteiger partial charge is 0.294 e. The van der Waals surface area contributed by atoms with Crippen LogP contribution in [0.15, 0.2) is 24.3 Å². The zero-order chi connectivity index (χ0) is 14.9. The normalized spacial score (nSPS) is 11.1. The van der Waals surface area contributed by atoms with E-state index in [2.05, 4.69) is 31.1 Å². The molecule has 106 valence electrons. The molecule has 0 amide bonds. The molecule has 0 atom stereocenters. The molecule has 0 bridgehead atoms. The third kappa shape index (κ3) is 2.82. The minimum atomic E-state index is 0.144. The summed E-state index contributed by atoms with van der Waals surface area (Å²) >= 11 is 0. The van der Waals surface area contributed by atoms with Gasteiger partial charge in [0.2, 0.25) is 0 Å². The van der Waals surface area contributed by atoms with E-state index in [1.807, 2.05) is 33.0 Å². The summed E-state index contributed by atoms with van der Waals surface area (Å²) < 4.78 is 1.77. The molecule has 1 aromatic heterocycles. The first kappa shape index (κ1) is 14.5. The van der Waals surface area contributed by atoms with E-state index in [1.165, 1.54) is 5.56 Å². The molecule has 2 rings (SSSR count). The van der Waals surface area contributed by atoms with Crippen LogP contribution < -0.4 is 0 Å². The molecular formula is C17H22N2O. The monoisotopic (exact) mass is 270 g/mol. The zero-order valence-corrected chi connectivity index (χ0v) is 12.9. The van der Waals surface area contributed by atoms with E-state index < -0.39 is 0 Å². The van der Waals surface area contributed by atoms with Gasteiger partial charge in [-0.15, -0.1) is 0 Å². The molecule has 0 spiro atoms. The maximum atomic E-state index is 12.4. The van der Waals surface area contributed by atoms with E-state index in [1.54, 1.807) is 4.68 Å². The van der Waals surface area contributed by atoms with Gasteiger partial charge in [-0.25, -0.2) is 0 Å². The fourth-order valence-electron chi connectivity index (χ4n) is 2.47. The second-order valence-corrected chi connectivity index (χ2v) is 5.67. The summed E-state index contributed by atoms with van der Waals surface area (Å²) in [5, 5.41) is 4.31. The Labute approximate surface area is 120 Å². The highest BCUT2D eigenvalue weighted by molar-refractivity contribution is 5.99. The van der Waals surface area contributed by atoms with Gasteiger partial charge in [0.25, 0.3) is 0 Å². The lowest BCUT2D eigenvalue weighted by Gasteiger charge is -2.07. The number of nitrogens with zero attached hydrogens (tertiary/aromatic N) is 2. The number of carbonyl (C=O) groups is 1. The van der Waals surface area contributed by atoms with E-state index in [4.69, 9.17) is 0 Å². The van der Waals surface area contributed by atoms with E-state index in [9.17, 15) is 4.79 Å². The van der Waals surface area contributed by atoms with Crippen LogP contribution >= 0.6 is 0 Å². The van der Waals surface area contributed by atoms with Gasteiger partial charge in [-0.05, 0) is 30.9 Å². The topological polar surface area (TPSA) is 34.9 Å². The molecule has 0 N–H and O–H groups in total. The average Bonchev–Trinajstić information content (AvgIpc) is 2.63. The van der Waals surface area contributed by atoms with Crippen molar-refractivity contribution < 1.29 is 4.79 Å². The number of rotatable bonds is 4. The van der Waals surface area contributed by atoms with Crippen LogP contribution in [0.25, 0.3) is 0 Å². The Morgan fingerprint density at radius 1 is 1.20 bits per heavy atom. The van der Waals surface area contributed by atoms with Crippen molar-refractivity contribution in [3.05, 3.63) is 52.3 Å². The number of Topliss-reactive ketones (excluding diaryl/α,β-unsaturated/α-hetero) is 1. The summed E-state index contributed by atoms with van der Waals surface area (Å²) in [5.41, 5.74) is 4.87. The Morgan fingerprint density at radius 3 is 2.25 bits per heavy atom. The number of aromatic nitrogens is 2. The van der Waals surface area contributed by atoms with Crippen molar-refractivity contribution in [2.75, 3.05) is 0 Å². The molecule has 1 heterocycles. The SMILES string of the molecule is Cc1nn(C)c(C)c1C(=O)Cc1ccc(C(C)C)cc1. The molecule has 0 fully saturated rings. The maximum Gasteiger partial charge on any atom is 0.170 e. The lowest BCUT2D eigenvalue weighted by molar-refractivity contribution is 0.0991. The van der Waals surface area contributed by atoms with Crippen molar-refractivity contribution in [1.29, 1.82) is 0 Å². The van der Waals surface area contributed by atoms with E-state index in [0.717, 1.165) is 22.5 Å². The van der Waals surface area contributed by atoms with Crippen LogP contribution in [0.2, 0.25) is 0 Å². The summed E-state index contributed by atoms with van der Waals surface area (Å²) in [6, 6.07) is 8.31. The minimum Gasteiger partial charge on any atom is -0.294 e. The minimum absolute atomic E-state index is 0.144. The molecule has 2 aromatic rings. The molecule has 0 unspecified atom stereocenters. The predicted octanol–water partition coefficient (Wildman–Crippen LogP) is 3.59. The Hall–Kier alpha value is -1.90. The molecule has 20 heavy (non-hydrogen) atoms. The van der Waals surface area contributed by atoms with Crippen LogP contribution in [0.4, 0.5) is 0 Å². The maximum absolute atomic E-state index is 12.4. The number of benzene rings is 1. The first-order valence-corrected chi connectivity index (χ1v) is 7.02. The summed E-state index contributed by atoms with van der Waals surface area (Å²) in [5.74, 6) is 0.660. The number of carbonyl (C=O) groups excluding carboxylic acids is 1. The predicted molar refractivity (Wildman–Crippen MR) is 81.2 cm³/mol. The molecule has 3 nitrogen and oxygen atoms in total. The Balaban J connectivity index is 2.19. The van der Waals surface area contributed by atoms with E-state index in [0.29, 0.717) is 12.3 Å². The quantitative estimate of drug-likeness (QED) is 0.796. The first-order chi connectivity index (χ1) is 9.40. The van der Waals surface area contributed by atoms with Crippen LogP contribution in [-0.2, 0) is 13.5 Å². The van der Waals surface area contributed by atoms with Gasteiger partial charge in [-0.2, -0.15) is 5.10 Å². The van der Waals surface area contributed by atoms with Crippen molar-refractivity contribution in [3.63, 3.8) is 0 Å². The highest BCUT2D eigenvalue weighted by atomic mass is 16.1. The molecule has 0 aliphatic carbocycles. The fraction of sp³-hybridized carbons (Fsp3) is 0.412. The van der Waals surface area contributed by atoms with Crippen molar-refractivity contribution in [2.45, 2.75) is 40.0 Å². The van der Waals surface area contributed by atoms with E-state index in [-0.39, 0.29) is 5.78 Å². The third-order valence-corrected chi connectivity index (χ3v) is 3.80. The van der Waals surface area contributed by atoms with Gasteiger partial charge >= 0.3 is 0 Å². The second-order valence-electron chi connectivity index (χ2n) is 5.67. The molecule has 0 aliphatic heterocycles. The van der Waals surface area contributed by atoms with Gasteiger partial charge in [0, 0.05) is 19.2 Å². The second kappa shape index (κ2) is 5.61. The van der Waals surface area contributed by atoms with Crippen LogP contribution in [0.5, 0.6) is 0 Å². The molecule has 3 heteroatoms. The molecule has 0 saturated carbocycles. The molecular weight excluding hydrogens is 248 g/mol. The lowest BCUT2D eigenvalue weighted by Crippen LogP contribution is -2.06. The highest BCUT2D eigenvalue weighted by Crippen LogP contribution is 2.18. The Kier molecular flexibility index (Phi) is 4.07. The van der Waals surface area contributed by atoms with Crippen molar-refractivity contribution in [3.8, 4) is 0 Å². The number of ketones is 1. The molecule has 0 saturated heterocycles. The molecule has 1 aromatic carbocycles. The van der Waals surface area contributed by atoms with Crippen LogP contribution in [0.3, 0.4) is 0 Å². The summed E-state index contributed by atoms with van der Waals surface area (Å²) in [6.45, 7) is 8.17. The fourth-order valence-corrected chi connectivity index (χ4v) is 2.47. The van der Waals surface area contributed by atoms with Gasteiger partial charge in [0.15, 0.2) is 5.78 Å². The Morgan fingerprint density at radius 2 is 1.80 bits per heavy atom. The Bertz CT molecular complexity index is 621. The van der Waals surface area contributed by atoms with Gasteiger partial charge < -0.3 is 0 Å². The number of aryl methyl sites for hydroxylation is 2. The number of hydrogen-bond donors (Lipinski definition) is 0. The zero-order valence-electron chi connectivity index (χ0n) is 12.9. The van der Waals surface area contributed by atoms with Crippen molar-refractivity contribution in [2.24, 2.45) is 7.05 Å².